The highest BCUT2D eigenvalue weighted by Crippen LogP contribution is 2.46. The van der Waals surface area contributed by atoms with Gasteiger partial charge in [-0.15, -0.1) is 11.3 Å². The predicted octanol–water partition coefficient (Wildman–Crippen LogP) is 2.14. The van der Waals surface area contributed by atoms with Gasteiger partial charge in [0.25, 0.3) is 10.6 Å². The van der Waals surface area contributed by atoms with Crippen molar-refractivity contribution in [1.29, 1.82) is 0 Å². The second-order valence-corrected chi connectivity index (χ2v) is 11.5. The molecule has 0 fully saturated rings. The van der Waals surface area contributed by atoms with Gasteiger partial charge >= 0.3 is 6.18 Å². The topological polar surface area (TPSA) is 29.1 Å². The number of alkyl halides is 3. The first-order valence-electron chi connectivity index (χ1n) is 11.0. The normalized spacial score (nSPS) is 15.2. The average Bonchev–Trinajstić information content (AvgIpc) is 3.50. The van der Waals surface area contributed by atoms with Crippen molar-refractivity contribution in [2.75, 3.05) is 11.9 Å². The van der Waals surface area contributed by atoms with Crippen LogP contribution in [0.15, 0.2) is 63.7 Å². The van der Waals surface area contributed by atoms with Crippen LogP contribution < -0.4 is 36.6 Å². The number of hydrogen-bond donors (Lipinski definition) is 0. The largest absolute Gasteiger partial charge is 1.00 e. The maximum absolute atomic E-state index is 13.5. The zero-order chi connectivity index (χ0) is 25.6. The van der Waals surface area contributed by atoms with Gasteiger partial charge in [-0.05, 0) is 31.2 Å². The van der Waals surface area contributed by atoms with E-state index in [0.29, 0.717) is 16.1 Å². The van der Waals surface area contributed by atoms with Crippen LogP contribution in [0.5, 0.6) is 0 Å². The third-order valence-electron chi connectivity index (χ3n) is 5.84. The standard InChI is InChI=1S/C25H20ClF3N3OS3.ClH/c1-3-32-21(36-22(23(32)33)24-30(2)18-12-16(26)8-9-19(18)35-24)13-20-31(10-11-34-20)14-15-6-4-5-7-17(15)25(27,28)29;/h4-13H,3,14H2,1-2H3;1H/q+1;/p-1/b24-22+;. The Labute approximate surface area is 234 Å². The summed E-state index contributed by atoms with van der Waals surface area (Å²) in [6.45, 7) is 2.46. The van der Waals surface area contributed by atoms with Crippen LogP contribution in [0.3, 0.4) is 0 Å². The lowest BCUT2D eigenvalue weighted by atomic mass is 10.1. The summed E-state index contributed by atoms with van der Waals surface area (Å²) in [4.78, 5) is 16.4. The summed E-state index contributed by atoms with van der Waals surface area (Å²) in [5, 5.41) is 4.06. The second kappa shape index (κ2) is 10.9. The van der Waals surface area contributed by atoms with Gasteiger partial charge in [-0.3, -0.25) is 9.36 Å². The third-order valence-corrected chi connectivity index (χ3v) is 9.41. The minimum Gasteiger partial charge on any atom is -1.00 e. The average molecular weight is 603 g/mol. The number of benzene rings is 2. The zero-order valence-electron chi connectivity index (χ0n) is 19.6. The third kappa shape index (κ3) is 5.35. The first kappa shape index (κ1) is 27.8. The number of nitrogens with zero attached hydrogens (tertiary/aromatic N) is 3. The Kier molecular flexibility index (Phi) is 8.16. The second-order valence-electron chi connectivity index (χ2n) is 8.07. The number of thioether (sulfide) groups is 1. The maximum atomic E-state index is 13.5. The molecule has 0 saturated carbocycles. The minimum atomic E-state index is -4.42. The molecule has 1 aliphatic heterocycles. The van der Waals surface area contributed by atoms with Crippen molar-refractivity contribution >= 4 is 62.8 Å². The SMILES string of the molecule is CCn1c(=O)/c(=C2\Sc3ccc(Cl)cc3N2C)s/c1=C\c1scc[n+]1Cc1ccccc1C(F)(F)F.[Cl-]. The molecule has 12 heteroatoms. The molecular weight excluding hydrogens is 582 g/mol. The number of hydrogen-bond acceptors (Lipinski definition) is 5. The van der Waals surface area contributed by atoms with Crippen molar-refractivity contribution in [2.24, 2.45) is 0 Å². The Hall–Kier alpha value is -2.24. The van der Waals surface area contributed by atoms with Crippen LogP contribution >= 0.6 is 46.0 Å². The molecule has 0 aliphatic carbocycles. The van der Waals surface area contributed by atoms with E-state index in [1.807, 2.05) is 48.5 Å². The van der Waals surface area contributed by atoms with Gasteiger partial charge < -0.3 is 17.3 Å². The van der Waals surface area contributed by atoms with Crippen LogP contribution in [0.25, 0.3) is 11.1 Å². The van der Waals surface area contributed by atoms with E-state index in [1.54, 1.807) is 21.4 Å². The van der Waals surface area contributed by atoms with E-state index in [2.05, 4.69) is 0 Å². The Bertz CT molecular complexity index is 1640. The molecule has 0 N–H and O–H groups in total. The summed E-state index contributed by atoms with van der Waals surface area (Å²) in [5.74, 6) is 0. The molecule has 0 unspecified atom stereocenters. The summed E-state index contributed by atoms with van der Waals surface area (Å²) >= 11 is 10.5. The van der Waals surface area contributed by atoms with E-state index in [4.69, 9.17) is 11.6 Å². The van der Waals surface area contributed by atoms with E-state index in [0.717, 1.165) is 31.3 Å². The van der Waals surface area contributed by atoms with E-state index >= 15 is 0 Å². The summed E-state index contributed by atoms with van der Waals surface area (Å²) in [6, 6.07) is 11.3. The summed E-state index contributed by atoms with van der Waals surface area (Å²) in [5.41, 5.74) is 0.408. The number of fused-ring (bicyclic) bond motifs is 1. The lowest BCUT2D eigenvalue weighted by molar-refractivity contribution is -0.685. The van der Waals surface area contributed by atoms with Crippen molar-refractivity contribution in [3.8, 4) is 0 Å². The lowest BCUT2D eigenvalue weighted by Gasteiger charge is -2.12. The van der Waals surface area contributed by atoms with Gasteiger partial charge in [0, 0.05) is 29.1 Å². The molecule has 4 nitrogen and oxygen atoms in total. The van der Waals surface area contributed by atoms with Crippen LogP contribution in [0.2, 0.25) is 5.02 Å². The quantitative estimate of drug-likeness (QED) is 0.336. The molecule has 0 atom stereocenters. The molecule has 2 aromatic heterocycles. The summed E-state index contributed by atoms with van der Waals surface area (Å²) in [6.07, 6.45) is -0.779. The van der Waals surface area contributed by atoms with Crippen molar-refractivity contribution in [3.63, 3.8) is 0 Å². The van der Waals surface area contributed by atoms with Gasteiger partial charge in [0.1, 0.15) is 14.2 Å². The summed E-state index contributed by atoms with van der Waals surface area (Å²) in [7, 11) is 1.91. The molecule has 0 spiro atoms. The van der Waals surface area contributed by atoms with Crippen LogP contribution in [0.1, 0.15) is 23.1 Å². The molecule has 194 valence electrons. The monoisotopic (exact) mass is 601 g/mol. The molecule has 2 aromatic carbocycles. The Balaban J connectivity index is 0.00000320. The molecule has 0 radical (unpaired) electrons. The molecule has 0 bridgehead atoms. The van der Waals surface area contributed by atoms with Crippen molar-refractivity contribution in [3.05, 3.63) is 94.7 Å². The number of thiazole rings is 2. The molecule has 1 aliphatic rings. The highest BCUT2D eigenvalue weighted by atomic mass is 35.5. The Morgan fingerprint density at radius 3 is 2.65 bits per heavy atom. The Morgan fingerprint density at radius 1 is 1.16 bits per heavy atom. The Morgan fingerprint density at radius 2 is 1.92 bits per heavy atom. The van der Waals surface area contributed by atoms with Crippen LogP contribution in [0.4, 0.5) is 18.9 Å². The zero-order valence-corrected chi connectivity index (χ0v) is 23.5. The molecular formula is C25H20Cl2F3N3OS3. The molecule has 3 heterocycles. The number of anilines is 1. The van der Waals surface area contributed by atoms with Crippen LogP contribution in [0, 0.1) is 0 Å². The number of halogens is 5. The number of aromatic nitrogens is 2. The van der Waals surface area contributed by atoms with E-state index in [-0.39, 0.29) is 30.1 Å². The fourth-order valence-corrected chi connectivity index (χ4v) is 7.54. The van der Waals surface area contributed by atoms with Gasteiger partial charge in [0.05, 0.1) is 22.7 Å². The molecule has 0 saturated heterocycles. The fraction of sp³-hybridized carbons (Fsp3) is 0.200. The first-order chi connectivity index (χ1) is 17.2. The summed E-state index contributed by atoms with van der Waals surface area (Å²) < 4.78 is 45.4. The minimum absolute atomic E-state index is 0. The fourth-order valence-electron chi connectivity index (χ4n) is 4.07. The number of rotatable bonds is 4. The van der Waals surface area contributed by atoms with Gasteiger partial charge in [-0.25, -0.2) is 0 Å². The van der Waals surface area contributed by atoms with Gasteiger partial charge in [-0.1, -0.05) is 52.9 Å². The molecule has 4 aromatic rings. The smallest absolute Gasteiger partial charge is 0.416 e. The van der Waals surface area contributed by atoms with Crippen LogP contribution in [-0.2, 0) is 19.3 Å². The van der Waals surface area contributed by atoms with Gasteiger partial charge in [0.2, 0.25) is 0 Å². The van der Waals surface area contributed by atoms with E-state index < -0.39 is 11.7 Å². The predicted molar refractivity (Wildman–Crippen MR) is 141 cm³/mol. The van der Waals surface area contributed by atoms with Crippen molar-refractivity contribution in [1.82, 2.24) is 4.57 Å². The highest BCUT2D eigenvalue weighted by molar-refractivity contribution is 8.08. The maximum Gasteiger partial charge on any atom is 0.416 e. The van der Waals surface area contributed by atoms with Gasteiger partial charge in [-0.2, -0.15) is 17.7 Å². The van der Waals surface area contributed by atoms with Crippen molar-refractivity contribution < 1.29 is 30.1 Å². The highest BCUT2D eigenvalue weighted by Gasteiger charge is 2.34. The van der Waals surface area contributed by atoms with E-state index in [9.17, 15) is 18.0 Å². The first-order valence-corrected chi connectivity index (χ1v) is 13.8. The molecule has 0 amide bonds. The van der Waals surface area contributed by atoms with Crippen LogP contribution in [-0.4, -0.2) is 11.6 Å². The molecule has 5 rings (SSSR count). The lowest BCUT2D eigenvalue weighted by Crippen LogP contribution is -3.00. The van der Waals surface area contributed by atoms with Gasteiger partial charge in [0.15, 0.2) is 12.7 Å². The van der Waals surface area contributed by atoms with Crippen molar-refractivity contribution in [2.45, 2.75) is 31.1 Å². The van der Waals surface area contributed by atoms with E-state index in [1.165, 1.54) is 46.6 Å². The molecule has 37 heavy (non-hydrogen) atoms.